The Balaban J connectivity index is 1.95. The fourth-order valence-corrected chi connectivity index (χ4v) is 3.02. The summed E-state index contributed by atoms with van der Waals surface area (Å²) in [7, 11) is 0. The van der Waals surface area contributed by atoms with Crippen molar-refractivity contribution in [2.45, 2.75) is 6.92 Å². The van der Waals surface area contributed by atoms with Crippen molar-refractivity contribution in [2.75, 3.05) is 5.32 Å². The SMILES string of the molecule is Cc1cccc2sc(Nc3ccc(Br)cc3)nc12. The molecule has 0 spiro atoms. The average Bonchev–Trinajstić information content (AvgIpc) is 2.76. The third-order valence-corrected chi connectivity index (χ3v) is 4.18. The van der Waals surface area contributed by atoms with Gasteiger partial charge in [0.05, 0.1) is 10.2 Å². The number of halogens is 1. The maximum atomic E-state index is 4.63. The van der Waals surface area contributed by atoms with Crippen molar-refractivity contribution in [3.63, 3.8) is 0 Å². The Morgan fingerprint density at radius 3 is 2.61 bits per heavy atom. The number of anilines is 2. The van der Waals surface area contributed by atoms with Crippen molar-refractivity contribution in [1.29, 1.82) is 0 Å². The normalized spacial score (nSPS) is 10.8. The van der Waals surface area contributed by atoms with Gasteiger partial charge >= 0.3 is 0 Å². The highest BCUT2D eigenvalue weighted by Crippen LogP contribution is 2.30. The van der Waals surface area contributed by atoms with Gasteiger partial charge < -0.3 is 5.32 Å². The van der Waals surface area contributed by atoms with Crippen molar-refractivity contribution in [1.82, 2.24) is 4.98 Å². The zero-order chi connectivity index (χ0) is 12.5. The van der Waals surface area contributed by atoms with Crippen molar-refractivity contribution in [3.8, 4) is 0 Å². The van der Waals surface area contributed by atoms with Crippen molar-refractivity contribution >= 4 is 48.3 Å². The van der Waals surface area contributed by atoms with E-state index in [1.54, 1.807) is 11.3 Å². The van der Waals surface area contributed by atoms with Crippen LogP contribution in [0.3, 0.4) is 0 Å². The van der Waals surface area contributed by atoms with Gasteiger partial charge in [0.1, 0.15) is 0 Å². The molecule has 0 bridgehead atoms. The molecule has 4 heteroatoms. The number of fused-ring (bicyclic) bond motifs is 1. The lowest BCUT2D eigenvalue weighted by atomic mass is 10.2. The highest BCUT2D eigenvalue weighted by Gasteiger charge is 2.05. The van der Waals surface area contributed by atoms with Gasteiger partial charge in [-0.3, -0.25) is 0 Å². The number of aromatic nitrogens is 1. The van der Waals surface area contributed by atoms with Crippen molar-refractivity contribution in [3.05, 3.63) is 52.5 Å². The molecule has 0 amide bonds. The van der Waals surface area contributed by atoms with E-state index in [2.05, 4.69) is 51.4 Å². The summed E-state index contributed by atoms with van der Waals surface area (Å²) in [5, 5.41) is 4.27. The summed E-state index contributed by atoms with van der Waals surface area (Å²) >= 11 is 5.10. The van der Waals surface area contributed by atoms with Crippen LogP contribution in [-0.2, 0) is 0 Å². The van der Waals surface area contributed by atoms with Crippen molar-refractivity contribution < 1.29 is 0 Å². The minimum absolute atomic E-state index is 0.932. The highest BCUT2D eigenvalue weighted by atomic mass is 79.9. The summed E-state index contributed by atoms with van der Waals surface area (Å²) < 4.78 is 2.29. The predicted molar refractivity (Wildman–Crippen MR) is 81.8 cm³/mol. The number of hydrogen-bond acceptors (Lipinski definition) is 3. The van der Waals surface area contributed by atoms with E-state index in [1.807, 2.05) is 24.3 Å². The third-order valence-electron chi connectivity index (χ3n) is 2.72. The molecule has 0 aliphatic carbocycles. The first-order chi connectivity index (χ1) is 8.72. The third kappa shape index (κ3) is 2.26. The number of benzene rings is 2. The van der Waals surface area contributed by atoms with Gasteiger partial charge in [0.25, 0.3) is 0 Å². The van der Waals surface area contributed by atoms with Crippen LogP contribution in [0.15, 0.2) is 46.9 Å². The molecule has 2 aromatic carbocycles. The molecular weight excluding hydrogens is 308 g/mol. The van der Waals surface area contributed by atoms with Gasteiger partial charge in [-0.15, -0.1) is 0 Å². The Kier molecular flexibility index (Phi) is 3.06. The zero-order valence-electron chi connectivity index (χ0n) is 9.77. The predicted octanol–water partition coefficient (Wildman–Crippen LogP) is 5.11. The van der Waals surface area contributed by atoms with Gasteiger partial charge in [-0.25, -0.2) is 4.98 Å². The molecule has 90 valence electrons. The molecule has 0 radical (unpaired) electrons. The van der Waals surface area contributed by atoms with Crippen LogP contribution in [0.5, 0.6) is 0 Å². The van der Waals surface area contributed by atoms with Crippen LogP contribution in [0.25, 0.3) is 10.2 Å². The van der Waals surface area contributed by atoms with Gasteiger partial charge in [0.15, 0.2) is 5.13 Å². The number of rotatable bonds is 2. The Labute approximate surface area is 118 Å². The second-order valence-corrected chi connectivity index (χ2v) is 6.02. The average molecular weight is 319 g/mol. The van der Waals surface area contributed by atoms with E-state index in [0.29, 0.717) is 0 Å². The molecule has 1 aromatic heterocycles. The maximum absolute atomic E-state index is 4.63. The standard InChI is InChI=1S/C14H11BrN2S/c1-9-3-2-4-12-13(9)17-14(18-12)16-11-7-5-10(15)6-8-11/h2-8H,1H3,(H,16,17). The van der Waals surface area contributed by atoms with E-state index < -0.39 is 0 Å². The number of nitrogens with zero attached hydrogens (tertiary/aromatic N) is 1. The molecule has 3 aromatic rings. The molecule has 18 heavy (non-hydrogen) atoms. The number of thiazole rings is 1. The second kappa shape index (κ2) is 4.71. The molecule has 3 rings (SSSR count). The summed E-state index contributed by atoms with van der Waals surface area (Å²) in [6, 6.07) is 14.4. The number of para-hydroxylation sites is 1. The van der Waals surface area contributed by atoms with Gasteiger partial charge in [-0.05, 0) is 42.8 Å². The molecule has 1 heterocycles. The largest absolute Gasteiger partial charge is 0.332 e. The zero-order valence-corrected chi connectivity index (χ0v) is 12.2. The first-order valence-electron chi connectivity index (χ1n) is 5.61. The number of hydrogen-bond donors (Lipinski definition) is 1. The van der Waals surface area contributed by atoms with E-state index in [9.17, 15) is 0 Å². The van der Waals surface area contributed by atoms with Gasteiger partial charge in [0, 0.05) is 10.2 Å². The molecule has 0 unspecified atom stereocenters. The van der Waals surface area contributed by atoms with Crippen LogP contribution in [0, 0.1) is 6.92 Å². The highest BCUT2D eigenvalue weighted by molar-refractivity contribution is 9.10. The quantitative estimate of drug-likeness (QED) is 0.710. The van der Waals surface area contributed by atoms with Gasteiger partial charge in [-0.2, -0.15) is 0 Å². The minimum Gasteiger partial charge on any atom is -0.332 e. The summed E-state index contributed by atoms with van der Waals surface area (Å²) in [6.07, 6.45) is 0. The van der Waals surface area contributed by atoms with Crippen LogP contribution in [0.4, 0.5) is 10.8 Å². The molecule has 0 saturated carbocycles. The Hall–Kier alpha value is -1.39. The lowest BCUT2D eigenvalue weighted by Crippen LogP contribution is -1.88. The summed E-state index contributed by atoms with van der Waals surface area (Å²) in [4.78, 5) is 4.63. The Bertz CT molecular complexity index is 689. The first kappa shape index (κ1) is 11.7. The number of aryl methyl sites for hydroxylation is 1. The Morgan fingerprint density at radius 1 is 1.11 bits per heavy atom. The summed E-state index contributed by atoms with van der Waals surface area (Å²) in [6.45, 7) is 2.09. The lowest BCUT2D eigenvalue weighted by molar-refractivity contribution is 1.40. The van der Waals surface area contributed by atoms with E-state index >= 15 is 0 Å². The summed E-state index contributed by atoms with van der Waals surface area (Å²) in [5.41, 5.74) is 3.35. The van der Waals surface area contributed by atoms with Crippen LogP contribution in [0.2, 0.25) is 0 Å². The minimum atomic E-state index is 0.932. The fourth-order valence-electron chi connectivity index (χ4n) is 1.80. The molecule has 2 nitrogen and oxygen atoms in total. The Morgan fingerprint density at radius 2 is 1.89 bits per heavy atom. The molecule has 0 fully saturated rings. The lowest BCUT2D eigenvalue weighted by Gasteiger charge is -2.01. The monoisotopic (exact) mass is 318 g/mol. The molecule has 1 N–H and O–H groups in total. The van der Waals surface area contributed by atoms with E-state index in [4.69, 9.17) is 0 Å². The van der Waals surface area contributed by atoms with E-state index in [-0.39, 0.29) is 0 Å². The fraction of sp³-hybridized carbons (Fsp3) is 0.0714. The van der Waals surface area contributed by atoms with Gasteiger partial charge in [-0.1, -0.05) is 39.4 Å². The van der Waals surface area contributed by atoms with Crippen LogP contribution < -0.4 is 5.32 Å². The molecular formula is C14H11BrN2S. The number of nitrogens with one attached hydrogen (secondary N) is 1. The molecule has 0 aliphatic rings. The van der Waals surface area contributed by atoms with Crippen molar-refractivity contribution in [2.24, 2.45) is 0 Å². The van der Waals surface area contributed by atoms with Crippen LogP contribution in [0.1, 0.15) is 5.56 Å². The molecule has 0 aliphatic heterocycles. The van der Waals surface area contributed by atoms with E-state index in [1.165, 1.54) is 10.3 Å². The van der Waals surface area contributed by atoms with E-state index in [0.717, 1.165) is 20.8 Å². The first-order valence-corrected chi connectivity index (χ1v) is 7.22. The van der Waals surface area contributed by atoms with Crippen LogP contribution in [-0.4, -0.2) is 4.98 Å². The topological polar surface area (TPSA) is 24.9 Å². The molecule has 0 saturated heterocycles. The maximum Gasteiger partial charge on any atom is 0.188 e. The van der Waals surface area contributed by atoms with Gasteiger partial charge in [0.2, 0.25) is 0 Å². The second-order valence-electron chi connectivity index (χ2n) is 4.07. The molecule has 0 atom stereocenters. The van der Waals surface area contributed by atoms with Crippen LogP contribution >= 0.6 is 27.3 Å². The smallest absolute Gasteiger partial charge is 0.188 e. The summed E-state index contributed by atoms with van der Waals surface area (Å²) in [5.74, 6) is 0.